The van der Waals surface area contributed by atoms with Gasteiger partial charge < -0.3 is 15.0 Å². The predicted octanol–water partition coefficient (Wildman–Crippen LogP) is 4.66. The van der Waals surface area contributed by atoms with Crippen LogP contribution in [0, 0.1) is 10.1 Å². The standard InChI is InChI=1S/C31H36N4O7S/c1-23(31(37)32-25-9-5-3-6-10-25)33(21-24-13-19-28(42-2)20-14-24)30(36)22-34(26-15-17-27(18-16-26)35(38)39)43(40,41)29-11-7-4-8-12-29/h4,7-8,11-20,23,25H,3,5-6,9-10,21-22H2,1-2H3,(H,32,37). The molecule has 1 atom stereocenters. The lowest BCUT2D eigenvalue weighted by molar-refractivity contribution is -0.384. The molecular formula is C31H36N4O7S. The minimum Gasteiger partial charge on any atom is -0.497 e. The summed E-state index contributed by atoms with van der Waals surface area (Å²) < 4.78 is 33.8. The van der Waals surface area contributed by atoms with Gasteiger partial charge in [-0.2, -0.15) is 0 Å². The number of hydrogen-bond acceptors (Lipinski definition) is 7. The molecule has 0 heterocycles. The second-order valence-electron chi connectivity index (χ2n) is 10.5. The molecule has 1 saturated carbocycles. The van der Waals surface area contributed by atoms with Gasteiger partial charge in [-0.05, 0) is 61.7 Å². The van der Waals surface area contributed by atoms with E-state index in [0.717, 1.165) is 42.0 Å². The van der Waals surface area contributed by atoms with E-state index in [1.165, 1.54) is 41.3 Å². The first kappa shape index (κ1) is 31.5. The summed E-state index contributed by atoms with van der Waals surface area (Å²) in [6.45, 7) is 1.04. The molecule has 3 aromatic carbocycles. The number of rotatable bonds is 12. The number of ether oxygens (including phenoxy) is 1. The number of benzene rings is 3. The summed E-state index contributed by atoms with van der Waals surface area (Å²) in [4.78, 5) is 39.4. The number of hydrogen-bond donors (Lipinski definition) is 1. The van der Waals surface area contributed by atoms with Gasteiger partial charge in [0.25, 0.3) is 15.7 Å². The fourth-order valence-corrected chi connectivity index (χ4v) is 6.50. The van der Waals surface area contributed by atoms with Crippen LogP contribution in [-0.4, -0.2) is 55.8 Å². The van der Waals surface area contributed by atoms with Crippen molar-refractivity contribution in [2.24, 2.45) is 0 Å². The number of nitrogens with one attached hydrogen (secondary N) is 1. The Kier molecular flexibility index (Phi) is 10.4. The normalized spacial score (nSPS) is 14.4. The van der Waals surface area contributed by atoms with Crippen LogP contribution in [-0.2, 0) is 26.2 Å². The van der Waals surface area contributed by atoms with Gasteiger partial charge in [-0.15, -0.1) is 0 Å². The summed E-state index contributed by atoms with van der Waals surface area (Å²) in [6.07, 6.45) is 4.91. The van der Waals surface area contributed by atoms with E-state index >= 15 is 0 Å². The number of nitrogens with zero attached hydrogens (tertiary/aromatic N) is 3. The van der Waals surface area contributed by atoms with Gasteiger partial charge in [-0.1, -0.05) is 49.6 Å². The predicted molar refractivity (Wildman–Crippen MR) is 162 cm³/mol. The Morgan fingerprint density at radius 1 is 0.977 bits per heavy atom. The number of carbonyl (C=O) groups is 2. The van der Waals surface area contributed by atoms with Crippen LogP contribution in [0.5, 0.6) is 5.75 Å². The highest BCUT2D eigenvalue weighted by Gasteiger charge is 2.33. The third-order valence-corrected chi connectivity index (χ3v) is 9.38. The Bertz CT molecular complexity index is 1510. The Morgan fingerprint density at radius 3 is 2.19 bits per heavy atom. The summed E-state index contributed by atoms with van der Waals surface area (Å²) in [5.41, 5.74) is 0.576. The molecule has 2 amide bonds. The molecule has 0 bridgehead atoms. The van der Waals surface area contributed by atoms with Crippen molar-refractivity contribution in [3.63, 3.8) is 0 Å². The topological polar surface area (TPSA) is 139 Å². The molecule has 0 spiro atoms. The van der Waals surface area contributed by atoms with Gasteiger partial charge in [0, 0.05) is 24.7 Å². The molecule has 0 aliphatic heterocycles. The third kappa shape index (κ3) is 7.89. The molecule has 43 heavy (non-hydrogen) atoms. The summed E-state index contributed by atoms with van der Waals surface area (Å²) in [5, 5.41) is 14.3. The summed E-state index contributed by atoms with van der Waals surface area (Å²) in [7, 11) is -2.72. The van der Waals surface area contributed by atoms with Crippen LogP contribution in [0.4, 0.5) is 11.4 Å². The molecule has 1 aliphatic carbocycles. The van der Waals surface area contributed by atoms with E-state index in [1.807, 2.05) is 0 Å². The number of methoxy groups -OCH3 is 1. The molecule has 3 aromatic rings. The van der Waals surface area contributed by atoms with Crippen molar-refractivity contribution < 1.29 is 27.7 Å². The van der Waals surface area contributed by atoms with Crippen LogP contribution in [0.2, 0.25) is 0 Å². The highest BCUT2D eigenvalue weighted by Crippen LogP contribution is 2.27. The quantitative estimate of drug-likeness (QED) is 0.233. The smallest absolute Gasteiger partial charge is 0.269 e. The second kappa shape index (κ2) is 14.1. The van der Waals surface area contributed by atoms with E-state index in [4.69, 9.17) is 4.74 Å². The zero-order valence-electron chi connectivity index (χ0n) is 24.2. The molecule has 12 heteroatoms. The number of carbonyl (C=O) groups excluding carboxylic acids is 2. The molecule has 1 aliphatic rings. The second-order valence-corrected chi connectivity index (χ2v) is 12.3. The van der Waals surface area contributed by atoms with Crippen LogP contribution in [0.1, 0.15) is 44.6 Å². The molecule has 0 radical (unpaired) electrons. The molecule has 4 rings (SSSR count). The van der Waals surface area contributed by atoms with Gasteiger partial charge in [0.2, 0.25) is 11.8 Å². The van der Waals surface area contributed by atoms with Crippen molar-refractivity contribution >= 4 is 33.2 Å². The molecule has 228 valence electrons. The van der Waals surface area contributed by atoms with Crippen molar-refractivity contribution in [1.82, 2.24) is 10.2 Å². The van der Waals surface area contributed by atoms with Crippen molar-refractivity contribution in [3.05, 3.63) is 94.5 Å². The maximum atomic E-state index is 14.1. The lowest BCUT2D eigenvalue weighted by atomic mass is 9.95. The summed E-state index contributed by atoms with van der Waals surface area (Å²) in [6, 6.07) is 18.7. The van der Waals surface area contributed by atoms with E-state index in [0.29, 0.717) is 5.75 Å². The number of amides is 2. The lowest BCUT2D eigenvalue weighted by Gasteiger charge is -2.33. The van der Waals surface area contributed by atoms with Gasteiger partial charge in [0.05, 0.1) is 22.6 Å². The van der Waals surface area contributed by atoms with Crippen molar-refractivity contribution in [3.8, 4) is 5.75 Å². The van der Waals surface area contributed by atoms with Gasteiger partial charge >= 0.3 is 0 Å². The summed E-state index contributed by atoms with van der Waals surface area (Å²) in [5.74, 6) is -0.301. The Balaban J connectivity index is 1.68. The van der Waals surface area contributed by atoms with Crippen molar-refractivity contribution in [1.29, 1.82) is 0 Å². The van der Waals surface area contributed by atoms with Crippen molar-refractivity contribution in [2.75, 3.05) is 18.0 Å². The van der Waals surface area contributed by atoms with Gasteiger partial charge in [-0.3, -0.25) is 24.0 Å². The zero-order valence-corrected chi connectivity index (χ0v) is 25.0. The van der Waals surface area contributed by atoms with Crippen LogP contribution < -0.4 is 14.4 Å². The number of nitro groups is 1. The molecule has 1 fully saturated rings. The monoisotopic (exact) mass is 608 g/mol. The molecular weight excluding hydrogens is 572 g/mol. The van der Waals surface area contributed by atoms with Crippen LogP contribution in [0.25, 0.3) is 0 Å². The number of sulfonamides is 1. The zero-order chi connectivity index (χ0) is 31.0. The number of non-ortho nitro benzene ring substituents is 1. The fourth-order valence-electron chi connectivity index (χ4n) is 5.07. The average Bonchev–Trinajstić information content (AvgIpc) is 3.03. The maximum absolute atomic E-state index is 14.1. The number of nitro benzene ring substituents is 1. The van der Waals surface area contributed by atoms with Crippen LogP contribution in [0.3, 0.4) is 0 Å². The first-order valence-electron chi connectivity index (χ1n) is 14.1. The highest BCUT2D eigenvalue weighted by molar-refractivity contribution is 7.92. The molecule has 1 unspecified atom stereocenters. The molecule has 11 nitrogen and oxygen atoms in total. The first-order chi connectivity index (χ1) is 20.6. The Morgan fingerprint density at radius 2 is 1.60 bits per heavy atom. The van der Waals surface area contributed by atoms with E-state index < -0.39 is 33.4 Å². The Labute approximate surface area is 251 Å². The molecule has 1 N–H and O–H groups in total. The SMILES string of the molecule is COc1ccc(CN(C(=O)CN(c2ccc([N+](=O)[O-])cc2)S(=O)(=O)c2ccccc2)C(C)C(=O)NC2CCCCC2)cc1. The van der Waals surface area contributed by atoms with Crippen LogP contribution >= 0.6 is 0 Å². The molecule has 0 aromatic heterocycles. The van der Waals surface area contributed by atoms with E-state index in [1.54, 1.807) is 56.5 Å². The first-order valence-corrected chi connectivity index (χ1v) is 15.6. The largest absolute Gasteiger partial charge is 0.497 e. The average molecular weight is 609 g/mol. The fraction of sp³-hybridized carbons (Fsp3) is 0.355. The lowest BCUT2D eigenvalue weighted by Crippen LogP contribution is -2.53. The molecule has 0 saturated heterocycles. The Hall–Kier alpha value is -4.45. The van der Waals surface area contributed by atoms with Gasteiger partial charge in [0.15, 0.2) is 0 Å². The summed E-state index contributed by atoms with van der Waals surface area (Å²) >= 11 is 0. The van der Waals surface area contributed by atoms with E-state index in [-0.39, 0.29) is 34.8 Å². The van der Waals surface area contributed by atoms with Gasteiger partial charge in [0.1, 0.15) is 18.3 Å². The van der Waals surface area contributed by atoms with Gasteiger partial charge in [-0.25, -0.2) is 8.42 Å². The maximum Gasteiger partial charge on any atom is 0.269 e. The van der Waals surface area contributed by atoms with E-state index in [9.17, 15) is 28.1 Å². The minimum absolute atomic E-state index is 0.0247. The highest BCUT2D eigenvalue weighted by atomic mass is 32.2. The third-order valence-electron chi connectivity index (χ3n) is 7.59. The van der Waals surface area contributed by atoms with E-state index in [2.05, 4.69) is 5.32 Å². The number of anilines is 1. The minimum atomic E-state index is -4.27. The van der Waals surface area contributed by atoms with Crippen molar-refractivity contribution in [2.45, 2.75) is 62.6 Å². The van der Waals surface area contributed by atoms with Crippen LogP contribution in [0.15, 0.2) is 83.8 Å².